The van der Waals surface area contributed by atoms with Gasteiger partial charge in [-0.2, -0.15) is 5.10 Å². The van der Waals surface area contributed by atoms with Crippen molar-refractivity contribution in [3.8, 4) is 0 Å². The van der Waals surface area contributed by atoms with E-state index in [1.165, 1.54) is 17.1 Å². The SMILES string of the molecule is NC(=O)C1CC(C(=O)NCc2cccc(F)c2)=NN1c1ccccc1. The number of halogens is 1. The third-order valence-corrected chi connectivity index (χ3v) is 3.86. The van der Waals surface area contributed by atoms with E-state index in [0.29, 0.717) is 11.3 Å². The second-order valence-electron chi connectivity index (χ2n) is 5.66. The van der Waals surface area contributed by atoms with Gasteiger partial charge in [0.15, 0.2) is 0 Å². The lowest BCUT2D eigenvalue weighted by atomic mass is 10.1. The van der Waals surface area contributed by atoms with Crippen molar-refractivity contribution in [3.63, 3.8) is 0 Å². The Bertz CT molecular complexity index is 823. The van der Waals surface area contributed by atoms with E-state index in [-0.39, 0.29) is 24.5 Å². The van der Waals surface area contributed by atoms with Crippen molar-refractivity contribution in [2.75, 3.05) is 5.01 Å². The second-order valence-corrected chi connectivity index (χ2v) is 5.66. The van der Waals surface area contributed by atoms with Crippen LogP contribution >= 0.6 is 0 Å². The molecule has 0 aromatic heterocycles. The molecule has 1 aliphatic rings. The smallest absolute Gasteiger partial charge is 0.267 e. The highest BCUT2D eigenvalue weighted by molar-refractivity contribution is 6.40. The van der Waals surface area contributed by atoms with Crippen molar-refractivity contribution in [1.29, 1.82) is 0 Å². The number of anilines is 1. The monoisotopic (exact) mass is 340 g/mol. The summed E-state index contributed by atoms with van der Waals surface area (Å²) in [5.74, 6) is -1.33. The molecule has 2 amide bonds. The van der Waals surface area contributed by atoms with E-state index in [1.54, 1.807) is 24.3 Å². The molecule has 3 N–H and O–H groups in total. The highest BCUT2D eigenvalue weighted by Gasteiger charge is 2.34. The molecule has 2 aromatic rings. The minimum Gasteiger partial charge on any atom is -0.368 e. The molecule has 25 heavy (non-hydrogen) atoms. The number of nitrogens with one attached hydrogen (secondary N) is 1. The van der Waals surface area contributed by atoms with Crippen LogP contribution in [0.4, 0.5) is 10.1 Å². The standard InChI is InChI=1S/C18H17FN4O2/c19-13-6-4-5-12(9-13)11-21-18(25)15-10-16(17(20)24)23(22-15)14-7-2-1-3-8-14/h1-9,16H,10-11H2,(H2,20,24)(H,21,25). The maximum absolute atomic E-state index is 13.2. The van der Waals surface area contributed by atoms with E-state index in [4.69, 9.17) is 5.73 Å². The molecule has 0 saturated heterocycles. The Labute approximate surface area is 144 Å². The molecule has 1 heterocycles. The first-order valence-corrected chi connectivity index (χ1v) is 7.78. The number of hydrazone groups is 1. The molecule has 1 unspecified atom stereocenters. The summed E-state index contributed by atoms with van der Waals surface area (Å²) in [6.45, 7) is 0.169. The van der Waals surface area contributed by atoms with Crippen LogP contribution in [-0.2, 0) is 16.1 Å². The largest absolute Gasteiger partial charge is 0.368 e. The molecule has 128 valence electrons. The predicted molar refractivity (Wildman–Crippen MR) is 92.2 cm³/mol. The van der Waals surface area contributed by atoms with Crippen molar-refractivity contribution in [1.82, 2.24) is 5.32 Å². The summed E-state index contributed by atoms with van der Waals surface area (Å²) in [4.78, 5) is 24.0. The van der Waals surface area contributed by atoms with Gasteiger partial charge < -0.3 is 11.1 Å². The van der Waals surface area contributed by atoms with Gasteiger partial charge >= 0.3 is 0 Å². The number of nitrogens with two attached hydrogens (primary N) is 1. The molecule has 0 aliphatic carbocycles. The number of benzene rings is 2. The van der Waals surface area contributed by atoms with Crippen molar-refractivity contribution in [2.45, 2.75) is 19.0 Å². The van der Waals surface area contributed by atoms with E-state index in [0.717, 1.165) is 0 Å². The fourth-order valence-electron chi connectivity index (χ4n) is 2.62. The number of carbonyl (C=O) groups is 2. The summed E-state index contributed by atoms with van der Waals surface area (Å²) in [7, 11) is 0. The van der Waals surface area contributed by atoms with Gasteiger partial charge in [0.1, 0.15) is 17.6 Å². The van der Waals surface area contributed by atoms with Crippen molar-refractivity contribution in [3.05, 3.63) is 66.0 Å². The van der Waals surface area contributed by atoms with Crippen LogP contribution in [0.1, 0.15) is 12.0 Å². The molecule has 3 rings (SSSR count). The number of nitrogens with zero attached hydrogens (tertiary/aromatic N) is 2. The second kappa shape index (κ2) is 7.12. The first-order chi connectivity index (χ1) is 12.0. The normalized spacial score (nSPS) is 16.4. The molecule has 0 fully saturated rings. The van der Waals surface area contributed by atoms with Gasteiger partial charge in [0.05, 0.1) is 5.69 Å². The van der Waals surface area contributed by atoms with Crippen LogP contribution in [-0.4, -0.2) is 23.6 Å². The molecular weight excluding hydrogens is 323 g/mol. The average molecular weight is 340 g/mol. The average Bonchev–Trinajstić information content (AvgIpc) is 3.06. The van der Waals surface area contributed by atoms with Gasteiger partial charge in [-0.3, -0.25) is 14.6 Å². The Morgan fingerprint density at radius 3 is 2.64 bits per heavy atom. The van der Waals surface area contributed by atoms with Gasteiger partial charge in [0.25, 0.3) is 5.91 Å². The van der Waals surface area contributed by atoms with Gasteiger partial charge in [0.2, 0.25) is 5.91 Å². The zero-order valence-electron chi connectivity index (χ0n) is 13.4. The Morgan fingerprint density at radius 2 is 1.96 bits per heavy atom. The van der Waals surface area contributed by atoms with Crippen LogP contribution in [0.2, 0.25) is 0 Å². The van der Waals surface area contributed by atoms with Gasteiger partial charge in [-0.1, -0.05) is 30.3 Å². The molecule has 0 spiro atoms. The minimum atomic E-state index is -0.711. The topological polar surface area (TPSA) is 87.8 Å². The quantitative estimate of drug-likeness (QED) is 0.866. The zero-order chi connectivity index (χ0) is 17.8. The Kier molecular flexibility index (Phi) is 4.74. The lowest BCUT2D eigenvalue weighted by molar-refractivity contribution is -0.119. The van der Waals surface area contributed by atoms with E-state index < -0.39 is 17.9 Å². The van der Waals surface area contributed by atoms with Gasteiger partial charge in [-0.05, 0) is 29.8 Å². The fourth-order valence-corrected chi connectivity index (χ4v) is 2.62. The fraction of sp³-hybridized carbons (Fsp3) is 0.167. The van der Waals surface area contributed by atoms with E-state index in [1.807, 2.05) is 18.2 Å². The number of carbonyl (C=O) groups excluding carboxylic acids is 2. The third-order valence-electron chi connectivity index (χ3n) is 3.86. The van der Waals surface area contributed by atoms with Crippen molar-refractivity contribution in [2.24, 2.45) is 10.8 Å². The molecule has 1 aliphatic heterocycles. The zero-order valence-corrected chi connectivity index (χ0v) is 13.4. The van der Waals surface area contributed by atoms with Crippen molar-refractivity contribution < 1.29 is 14.0 Å². The molecule has 0 saturated carbocycles. The number of para-hydroxylation sites is 1. The van der Waals surface area contributed by atoms with Gasteiger partial charge in [-0.25, -0.2) is 4.39 Å². The highest BCUT2D eigenvalue weighted by atomic mass is 19.1. The lowest BCUT2D eigenvalue weighted by Gasteiger charge is -2.20. The Morgan fingerprint density at radius 1 is 1.20 bits per heavy atom. The summed E-state index contributed by atoms with van der Waals surface area (Å²) in [6.07, 6.45) is 0.124. The predicted octanol–water partition coefficient (Wildman–Crippen LogP) is 1.56. The van der Waals surface area contributed by atoms with Crippen LogP contribution in [0.5, 0.6) is 0 Å². The van der Waals surface area contributed by atoms with E-state index in [2.05, 4.69) is 10.4 Å². The van der Waals surface area contributed by atoms with Crippen LogP contribution in [0.3, 0.4) is 0 Å². The number of amides is 2. The summed E-state index contributed by atoms with van der Waals surface area (Å²) in [6, 6.07) is 14.3. The number of hydrogen-bond donors (Lipinski definition) is 2. The van der Waals surface area contributed by atoms with Crippen LogP contribution < -0.4 is 16.1 Å². The van der Waals surface area contributed by atoms with Crippen LogP contribution in [0.15, 0.2) is 59.7 Å². The lowest BCUT2D eigenvalue weighted by Crippen LogP contribution is -2.39. The molecule has 0 bridgehead atoms. The maximum atomic E-state index is 13.2. The number of primary amides is 1. The highest BCUT2D eigenvalue weighted by Crippen LogP contribution is 2.24. The van der Waals surface area contributed by atoms with Crippen LogP contribution in [0.25, 0.3) is 0 Å². The molecular formula is C18H17FN4O2. The summed E-state index contributed by atoms with van der Waals surface area (Å²) in [5, 5.41) is 8.40. The Balaban J connectivity index is 1.73. The third kappa shape index (κ3) is 3.82. The van der Waals surface area contributed by atoms with E-state index >= 15 is 0 Å². The number of hydrogen-bond acceptors (Lipinski definition) is 4. The van der Waals surface area contributed by atoms with Gasteiger partial charge in [0, 0.05) is 13.0 Å². The Hall–Kier alpha value is -3.22. The molecule has 0 radical (unpaired) electrons. The molecule has 1 atom stereocenters. The summed E-state index contributed by atoms with van der Waals surface area (Å²) in [5.41, 5.74) is 6.97. The molecule has 7 heteroatoms. The van der Waals surface area contributed by atoms with Crippen molar-refractivity contribution >= 4 is 23.2 Å². The van der Waals surface area contributed by atoms with Gasteiger partial charge in [-0.15, -0.1) is 0 Å². The maximum Gasteiger partial charge on any atom is 0.267 e. The summed E-state index contributed by atoms with van der Waals surface area (Å²) >= 11 is 0. The first-order valence-electron chi connectivity index (χ1n) is 7.78. The first kappa shape index (κ1) is 16.6. The molecule has 2 aromatic carbocycles. The summed E-state index contributed by atoms with van der Waals surface area (Å²) < 4.78 is 13.2. The molecule has 6 nitrogen and oxygen atoms in total. The van der Waals surface area contributed by atoms with Crippen LogP contribution in [0, 0.1) is 5.82 Å². The number of rotatable bonds is 5. The van der Waals surface area contributed by atoms with E-state index in [9.17, 15) is 14.0 Å². The minimum absolute atomic E-state index is 0.124.